The Morgan fingerprint density at radius 3 is 2.63 bits per heavy atom. The number of Topliss-reactive ketones (excluding diaryl/α,β-unsaturated/α-hetero) is 1. The fourth-order valence-corrected chi connectivity index (χ4v) is 3.80. The number of carbonyl (C=O) groups excluding carboxylic acids is 1. The Morgan fingerprint density at radius 1 is 1.21 bits per heavy atom. The summed E-state index contributed by atoms with van der Waals surface area (Å²) in [6.45, 7) is 2.09. The van der Waals surface area contributed by atoms with Crippen molar-refractivity contribution in [2.45, 2.75) is 38.0 Å². The van der Waals surface area contributed by atoms with Gasteiger partial charge >= 0.3 is 0 Å². The zero-order valence-corrected chi connectivity index (χ0v) is 11.6. The molecule has 0 aliphatic heterocycles. The molecule has 0 spiro atoms. The van der Waals surface area contributed by atoms with Crippen LogP contribution in [0.3, 0.4) is 0 Å². The zero-order valence-electron chi connectivity index (χ0n) is 11.6. The molecule has 0 unspecified atom stereocenters. The molecule has 0 amide bonds. The summed E-state index contributed by atoms with van der Waals surface area (Å²) >= 11 is 0. The van der Waals surface area contributed by atoms with E-state index in [1.807, 2.05) is 18.2 Å². The molecule has 3 rings (SSSR count). The predicted octanol–water partition coefficient (Wildman–Crippen LogP) is 3.62. The van der Waals surface area contributed by atoms with Crippen LogP contribution >= 0.6 is 0 Å². The van der Waals surface area contributed by atoms with Crippen molar-refractivity contribution in [3.63, 3.8) is 0 Å². The summed E-state index contributed by atoms with van der Waals surface area (Å²) in [5.74, 6) is 1.13. The Morgan fingerprint density at radius 2 is 1.95 bits per heavy atom. The van der Waals surface area contributed by atoms with E-state index in [4.69, 9.17) is 4.74 Å². The Kier molecular flexibility index (Phi) is 2.96. The first-order valence-corrected chi connectivity index (χ1v) is 7.07. The van der Waals surface area contributed by atoms with Gasteiger partial charge in [0.05, 0.1) is 12.5 Å². The summed E-state index contributed by atoms with van der Waals surface area (Å²) in [4.78, 5) is 12.8. The molecule has 0 bridgehead atoms. The number of rotatable bonds is 2. The molecule has 1 aromatic rings. The first kappa shape index (κ1) is 12.5. The molecule has 2 aliphatic rings. The Labute approximate surface area is 114 Å². The maximum atomic E-state index is 12.8. The number of methoxy groups -OCH3 is 1. The average molecular weight is 256 g/mol. The number of ether oxygens (including phenoxy) is 1. The SMILES string of the molecule is COC1=C2CCCC[C@H]2[C@@](C)(c2ccccc2)C1=O. The molecule has 0 N–H and O–H groups in total. The second kappa shape index (κ2) is 4.52. The molecule has 2 nitrogen and oxygen atoms in total. The maximum Gasteiger partial charge on any atom is 0.208 e. The molecule has 100 valence electrons. The van der Waals surface area contributed by atoms with E-state index in [0.717, 1.165) is 18.4 Å². The highest BCUT2D eigenvalue weighted by atomic mass is 16.5. The number of carbonyl (C=O) groups is 1. The summed E-state index contributed by atoms with van der Waals surface area (Å²) in [6.07, 6.45) is 4.50. The number of fused-ring (bicyclic) bond motifs is 1. The van der Waals surface area contributed by atoms with Crippen LogP contribution in [0.2, 0.25) is 0 Å². The molecule has 0 radical (unpaired) electrons. The van der Waals surface area contributed by atoms with Gasteiger partial charge in [-0.1, -0.05) is 36.8 Å². The molecule has 2 aliphatic carbocycles. The van der Waals surface area contributed by atoms with Gasteiger partial charge in [-0.05, 0) is 37.3 Å². The van der Waals surface area contributed by atoms with Crippen LogP contribution in [0.5, 0.6) is 0 Å². The topological polar surface area (TPSA) is 26.3 Å². The van der Waals surface area contributed by atoms with E-state index in [1.54, 1.807) is 7.11 Å². The number of allylic oxidation sites excluding steroid dienone is 2. The molecule has 1 aromatic carbocycles. The summed E-state index contributed by atoms with van der Waals surface area (Å²) < 4.78 is 5.44. The van der Waals surface area contributed by atoms with Gasteiger partial charge in [-0.25, -0.2) is 0 Å². The van der Waals surface area contributed by atoms with Crippen molar-refractivity contribution in [3.8, 4) is 0 Å². The van der Waals surface area contributed by atoms with Crippen molar-refractivity contribution in [1.82, 2.24) is 0 Å². The summed E-state index contributed by atoms with van der Waals surface area (Å²) in [7, 11) is 1.63. The first-order valence-electron chi connectivity index (χ1n) is 7.07. The summed E-state index contributed by atoms with van der Waals surface area (Å²) in [5, 5.41) is 0. The molecular formula is C17H20O2. The second-order valence-electron chi connectivity index (χ2n) is 5.75. The molecule has 1 saturated carbocycles. The highest BCUT2D eigenvalue weighted by molar-refractivity contribution is 6.06. The van der Waals surface area contributed by atoms with Gasteiger partial charge in [-0.2, -0.15) is 0 Å². The Balaban J connectivity index is 2.11. The highest BCUT2D eigenvalue weighted by Crippen LogP contribution is 2.51. The van der Waals surface area contributed by atoms with Crippen molar-refractivity contribution in [2.75, 3.05) is 7.11 Å². The third kappa shape index (κ3) is 1.66. The summed E-state index contributed by atoms with van der Waals surface area (Å²) in [6, 6.07) is 10.2. The van der Waals surface area contributed by atoms with Gasteiger partial charge in [-0.15, -0.1) is 0 Å². The molecule has 1 fully saturated rings. The summed E-state index contributed by atoms with van der Waals surface area (Å²) in [5.41, 5.74) is 1.95. The molecule has 0 saturated heterocycles. The first-order chi connectivity index (χ1) is 9.19. The molecule has 2 atom stereocenters. The number of benzene rings is 1. The fourth-order valence-electron chi connectivity index (χ4n) is 3.80. The van der Waals surface area contributed by atoms with Gasteiger partial charge in [0.2, 0.25) is 5.78 Å². The molecule has 19 heavy (non-hydrogen) atoms. The monoisotopic (exact) mass is 256 g/mol. The minimum Gasteiger partial charge on any atom is -0.493 e. The lowest BCUT2D eigenvalue weighted by Crippen LogP contribution is -2.37. The highest BCUT2D eigenvalue weighted by Gasteiger charge is 2.53. The third-order valence-electron chi connectivity index (χ3n) is 4.85. The van der Waals surface area contributed by atoms with Crippen molar-refractivity contribution >= 4 is 5.78 Å². The van der Waals surface area contributed by atoms with E-state index < -0.39 is 5.41 Å². The van der Waals surface area contributed by atoms with E-state index in [-0.39, 0.29) is 5.78 Å². The Hall–Kier alpha value is -1.57. The largest absolute Gasteiger partial charge is 0.493 e. The van der Waals surface area contributed by atoms with Crippen molar-refractivity contribution in [2.24, 2.45) is 5.92 Å². The quantitative estimate of drug-likeness (QED) is 0.808. The van der Waals surface area contributed by atoms with E-state index in [9.17, 15) is 4.79 Å². The minimum atomic E-state index is -0.428. The van der Waals surface area contributed by atoms with Gasteiger partial charge < -0.3 is 4.74 Å². The van der Waals surface area contributed by atoms with Crippen LogP contribution in [-0.2, 0) is 14.9 Å². The number of hydrogen-bond acceptors (Lipinski definition) is 2. The molecule has 2 heteroatoms. The van der Waals surface area contributed by atoms with Crippen LogP contribution in [0.25, 0.3) is 0 Å². The van der Waals surface area contributed by atoms with Crippen molar-refractivity contribution < 1.29 is 9.53 Å². The molecule has 0 aromatic heterocycles. The maximum absolute atomic E-state index is 12.8. The smallest absolute Gasteiger partial charge is 0.208 e. The van der Waals surface area contributed by atoms with Gasteiger partial charge in [0, 0.05) is 5.92 Å². The van der Waals surface area contributed by atoms with E-state index in [2.05, 4.69) is 19.1 Å². The normalized spacial score (nSPS) is 30.4. The number of hydrogen-bond donors (Lipinski definition) is 0. The van der Waals surface area contributed by atoms with Crippen molar-refractivity contribution in [3.05, 3.63) is 47.2 Å². The third-order valence-corrected chi connectivity index (χ3v) is 4.85. The lowest BCUT2D eigenvalue weighted by atomic mass is 9.67. The van der Waals surface area contributed by atoms with Gasteiger partial charge in [0.1, 0.15) is 0 Å². The lowest BCUT2D eigenvalue weighted by Gasteiger charge is -2.34. The van der Waals surface area contributed by atoms with Gasteiger partial charge in [0.15, 0.2) is 5.76 Å². The standard InChI is InChI=1S/C17H20O2/c1-17(12-8-4-3-5-9-12)14-11-7-6-10-13(14)15(19-2)16(17)18/h3-5,8-9,14H,6-7,10-11H2,1-2H3/t14-,17-/m1/s1. The van der Waals surface area contributed by atoms with Gasteiger partial charge in [-0.3, -0.25) is 4.79 Å². The van der Waals surface area contributed by atoms with Gasteiger partial charge in [0.25, 0.3) is 0 Å². The second-order valence-corrected chi connectivity index (χ2v) is 5.75. The van der Waals surface area contributed by atoms with Crippen molar-refractivity contribution in [1.29, 1.82) is 0 Å². The van der Waals surface area contributed by atoms with E-state index in [0.29, 0.717) is 11.7 Å². The zero-order chi connectivity index (χ0) is 13.5. The van der Waals surface area contributed by atoms with Crippen LogP contribution in [-0.4, -0.2) is 12.9 Å². The average Bonchev–Trinajstić information content (AvgIpc) is 2.70. The van der Waals surface area contributed by atoms with Crippen LogP contribution in [0.1, 0.15) is 38.2 Å². The fraction of sp³-hybridized carbons (Fsp3) is 0.471. The lowest BCUT2D eigenvalue weighted by molar-refractivity contribution is -0.123. The minimum absolute atomic E-state index is 0.170. The van der Waals surface area contributed by atoms with Crippen LogP contribution in [0, 0.1) is 5.92 Å². The number of ketones is 1. The van der Waals surface area contributed by atoms with Crippen LogP contribution < -0.4 is 0 Å². The van der Waals surface area contributed by atoms with Crippen LogP contribution in [0.4, 0.5) is 0 Å². The molecular weight excluding hydrogens is 236 g/mol. The van der Waals surface area contributed by atoms with Crippen LogP contribution in [0.15, 0.2) is 41.7 Å². The molecule has 0 heterocycles. The Bertz CT molecular complexity index is 529. The predicted molar refractivity (Wildman–Crippen MR) is 74.8 cm³/mol. The van der Waals surface area contributed by atoms with E-state index in [1.165, 1.54) is 18.4 Å². The van der Waals surface area contributed by atoms with E-state index >= 15 is 0 Å².